The third kappa shape index (κ3) is 12.0. The molecule has 0 aliphatic heterocycles. The molecule has 0 radical (unpaired) electrons. The zero-order chi connectivity index (χ0) is 44.9. The summed E-state index contributed by atoms with van der Waals surface area (Å²) in [5.74, 6) is -0.656. The molecular weight excluding hydrogens is 791 g/mol. The van der Waals surface area contributed by atoms with Gasteiger partial charge in [0, 0.05) is 23.4 Å². The van der Waals surface area contributed by atoms with E-state index in [0.29, 0.717) is 19.3 Å². The molecule has 0 bridgehead atoms. The Hall–Kier alpha value is -6.78. The van der Waals surface area contributed by atoms with Crippen LogP contribution in [0, 0.1) is 0 Å². The number of nitrogens with one attached hydrogen (secondary N) is 1. The van der Waals surface area contributed by atoms with Crippen molar-refractivity contribution in [2.24, 2.45) is 0 Å². The topological polar surface area (TPSA) is 125 Å². The highest BCUT2D eigenvalue weighted by Crippen LogP contribution is 2.52. The average molecular weight is 848 g/mol. The predicted octanol–water partition coefficient (Wildman–Crippen LogP) is 10.1. The van der Waals surface area contributed by atoms with Crippen LogP contribution >= 0.6 is 0 Å². The average Bonchev–Trinajstić information content (AvgIpc) is 4.11. The van der Waals surface area contributed by atoms with Crippen LogP contribution in [0.5, 0.6) is 0 Å². The highest BCUT2D eigenvalue weighted by atomic mass is 16.6. The van der Waals surface area contributed by atoms with Crippen molar-refractivity contribution >= 4 is 29.6 Å². The number of ether oxygens (including phenoxy) is 2. The van der Waals surface area contributed by atoms with E-state index in [2.05, 4.69) is 44.5 Å². The molecule has 2 N–H and O–H groups in total. The first-order chi connectivity index (χ1) is 30.4. The van der Waals surface area contributed by atoms with Gasteiger partial charge in [-0.2, -0.15) is 0 Å². The Morgan fingerprint density at radius 2 is 1.33 bits per heavy atom. The first-order valence-electron chi connectivity index (χ1n) is 21.4. The van der Waals surface area contributed by atoms with E-state index in [1.807, 2.05) is 103 Å². The second-order valence-corrected chi connectivity index (χ2v) is 16.4. The first kappa shape index (κ1) is 45.7. The quantitative estimate of drug-likeness (QED) is 0.0590. The van der Waals surface area contributed by atoms with Crippen LogP contribution in [0.3, 0.4) is 0 Å². The van der Waals surface area contributed by atoms with E-state index in [1.165, 1.54) is 36.1 Å². The molecule has 10 heteroatoms. The molecular formula is C53H57N3O7. The van der Waals surface area contributed by atoms with E-state index in [9.17, 15) is 24.3 Å². The van der Waals surface area contributed by atoms with Crippen molar-refractivity contribution in [3.05, 3.63) is 197 Å². The van der Waals surface area contributed by atoms with Gasteiger partial charge in [0.25, 0.3) is 5.91 Å². The van der Waals surface area contributed by atoms with Gasteiger partial charge in [-0.3, -0.25) is 19.4 Å². The maximum Gasteiger partial charge on any atom is 0.414 e. The number of hydrogen-bond acceptors (Lipinski definition) is 7. The molecule has 6 rings (SSSR count). The third-order valence-corrected chi connectivity index (χ3v) is 11.4. The van der Waals surface area contributed by atoms with Gasteiger partial charge in [-0.05, 0) is 90.1 Å². The minimum atomic E-state index is -1.28. The van der Waals surface area contributed by atoms with Crippen LogP contribution in [-0.2, 0) is 41.1 Å². The van der Waals surface area contributed by atoms with Crippen molar-refractivity contribution in [3.8, 4) is 0 Å². The number of allylic oxidation sites excluding steroid dienone is 1. The van der Waals surface area contributed by atoms with E-state index >= 15 is 0 Å². The molecule has 63 heavy (non-hydrogen) atoms. The van der Waals surface area contributed by atoms with Gasteiger partial charge >= 0.3 is 12.2 Å². The fourth-order valence-corrected chi connectivity index (χ4v) is 7.71. The third-order valence-electron chi connectivity index (χ3n) is 11.4. The summed E-state index contributed by atoms with van der Waals surface area (Å²) in [7, 11) is 0. The van der Waals surface area contributed by atoms with Gasteiger partial charge in [0.05, 0.1) is 24.2 Å². The van der Waals surface area contributed by atoms with E-state index in [-0.39, 0.29) is 61.2 Å². The zero-order valence-corrected chi connectivity index (χ0v) is 36.4. The van der Waals surface area contributed by atoms with Crippen molar-refractivity contribution < 1.29 is 33.8 Å². The predicted molar refractivity (Wildman–Crippen MR) is 247 cm³/mol. The maximum atomic E-state index is 14.5. The van der Waals surface area contributed by atoms with Gasteiger partial charge in [0.15, 0.2) is 5.78 Å². The van der Waals surface area contributed by atoms with Crippen LogP contribution < -0.4 is 10.2 Å². The number of benzene rings is 5. The summed E-state index contributed by atoms with van der Waals surface area (Å²) in [5.41, 5.74) is 5.37. The second-order valence-electron chi connectivity index (χ2n) is 16.4. The molecule has 1 aliphatic carbocycles. The number of nitrogens with zero attached hydrogens (tertiary/aromatic N) is 2. The standard InChI is InChI=1S/C53H57N3O7/c1-6-16-39-21-14-22-42(28-39)29-48(54-50(59)45-30-44(38(5)57)32-47(33-45)55(27-7-2)51(60)62-35-40-17-10-8-11-18-40)49(58)34-56(52(61)63-36-41-19-12-9-13-20-41)53(25-26-53)46-24-15-23-43(31-46)37(3)4/h6-15,17-24,28,30-33,37,48-49,58H,1-2,16,25-27,29,34-36H2,3-5H3,(H,54,59)/t48-,49+/m0/s1. The lowest BCUT2D eigenvalue weighted by atomic mass is 9.94. The second kappa shape index (κ2) is 21.3. The van der Waals surface area contributed by atoms with E-state index < -0.39 is 35.8 Å². The number of Topliss-reactive ketones (excluding diaryl/α,β-unsaturated/α-hetero) is 1. The summed E-state index contributed by atoms with van der Waals surface area (Å²) < 4.78 is 11.6. The van der Waals surface area contributed by atoms with Crippen molar-refractivity contribution in [2.45, 2.75) is 83.3 Å². The Morgan fingerprint density at radius 1 is 0.730 bits per heavy atom. The summed E-state index contributed by atoms with van der Waals surface area (Å²) in [6, 6.07) is 38.3. The fraction of sp³-hybridized carbons (Fsp3) is 0.283. The molecule has 0 spiro atoms. The number of anilines is 1. The molecule has 0 unspecified atom stereocenters. The fourth-order valence-electron chi connectivity index (χ4n) is 7.71. The smallest absolute Gasteiger partial charge is 0.414 e. The van der Waals surface area contributed by atoms with E-state index in [1.54, 1.807) is 4.90 Å². The highest BCUT2D eigenvalue weighted by molar-refractivity contribution is 6.02. The maximum absolute atomic E-state index is 14.5. The Bertz CT molecular complexity index is 2390. The van der Waals surface area contributed by atoms with Crippen LogP contribution in [0.2, 0.25) is 0 Å². The van der Waals surface area contributed by atoms with Gasteiger partial charge in [0.2, 0.25) is 0 Å². The molecule has 1 fully saturated rings. The van der Waals surface area contributed by atoms with Crippen LogP contribution in [0.25, 0.3) is 0 Å². The Kier molecular flexibility index (Phi) is 15.5. The van der Waals surface area contributed by atoms with Gasteiger partial charge in [-0.25, -0.2) is 9.59 Å². The van der Waals surface area contributed by atoms with Crippen molar-refractivity contribution in [1.82, 2.24) is 10.2 Å². The van der Waals surface area contributed by atoms with Crippen LogP contribution in [0.4, 0.5) is 15.3 Å². The van der Waals surface area contributed by atoms with E-state index in [0.717, 1.165) is 33.4 Å². The molecule has 1 aliphatic rings. The number of amides is 3. The van der Waals surface area contributed by atoms with Gasteiger partial charge < -0.3 is 19.9 Å². The number of aliphatic hydroxyl groups excluding tert-OH is 1. The van der Waals surface area contributed by atoms with Gasteiger partial charge in [0.1, 0.15) is 13.2 Å². The molecule has 0 heterocycles. The zero-order valence-electron chi connectivity index (χ0n) is 36.4. The molecule has 0 saturated heterocycles. The van der Waals surface area contributed by atoms with Crippen molar-refractivity contribution in [2.75, 3.05) is 18.0 Å². The molecule has 10 nitrogen and oxygen atoms in total. The largest absolute Gasteiger partial charge is 0.445 e. The first-order valence-corrected chi connectivity index (χ1v) is 21.4. The Balaban J connectivity index is 1.33. The number of ketones is 1. The number of rotatable bonds is 20. The Morgan fingerprint density at radius 3 is 1.94 bits per heavy atom. The molecule has 2 atom stereocenters. The highest BCUT2D eigenvalue weighted by Gasteiger charge is 2.53. The molecule has 5 aromatic carbocycles. The van der Waals surface area contributed by atoms with Gasteiger partial charge in [-0.1, -0.05) is 135 Å². The summed E-state index contributed by atoms with van der Waals surface area (Å²) >= 11 is 0. The van der Waals surface area contributed by atoms with Crippen LogP contribution in [0.1, 0.15) is 93.6 Å². The number of carbonyl (C=O) groups excluding carboxylic acids is 4. The normalized spacial score (nSPS) is 13.5. The molecule has 326 valence electrons. The Labute approximate surface area is 370 Å². The summed E-state index contributed by atoms with van der Waals surface area (Å²) in [4.78, 5) is 58.2. The lowest BCUT2D eigenvalue weighted by Crippen LogP contribution is -2.53. The van der Waals surface area contributed by atoms with E-state index in [4.69, 9.17) is 9.47 Å². The minimum absolute atomic E-state index is 0.0158. The lowest BCUT2D eigenvalue weighted by Gasteiger charge is -2.36. The van der Waals surface area contributed by atoms with Crippen molar-refractivity contribution in [1.29, 1.82) is 0 Å². The molecule has 5 aromatic rings. The lowest BCUT2D eigenvalue weighted by molar-refractivity contribution is 0.0319. The molecule has 3 amide bonds. The SMILES string of the molecule is C=CCc1cccc(C[C@H](NC(=O)c2cc(C(C)=O)cc(N(CC=C)C(=O)OCc3ccccc3)c2)[C@H](O)CN(C(=O)OCc2ccccc2)C2(c3cccc(C(C)C)c3)CC2)c1. The number of hydrogen-bond donors (Lipinski definition) is 2. The van der Waals surface area contributed by atoms with Crippen LogP contribution in [0.15, 0.2) is 153 Å². The molecule has 1 saturated carbocycles. The van der Waals surface area contributed by atoms with Crippen LogP contribution in [-0.4, -0.2) is 59.1 Å². The van der Waals surface area contributed by atoms with Gasteiger partial charge in [-0.15, -0.1) is 13.2 Å². The minimum Gasteiger partial charge on any atom is -0.445 e. The monoisotopic (exact) mass is 847 g/mol. The number of aliphatic hydroxyl groups is 1. The van der Waals surface area contributed by atoms with Crippen molar-refractivity contribution in [3.63, 3.8) is 0 Å². The summed E-state index contributed by atoms with van der Waals surface area (Å²) in [6.07, 6.45) is 2.94. The summed E-state index contributed by atoms with van der Waals surface area (Å²) in [6.45, 7) is 13.2. The molecule has 0 aromatic heterocycles. The number of carbonyl (C=O) groups is 4. The summed E-state index contributed by atoms with van der Waals surface area (Å²) in [5, 5.41) is 15.4.